The van der Waals surface area contributed by atoms with E-state index < -0.39 is 0 Å². The Bertz CT molecular complexity index is 1770. The minimum atomic E-state index is -0.301. The molecule has 208 valence electrons. The van der Waals surface area contributed by atoms with Crippen LogP contribution >= 0.6 is 0 Å². The van der Waals surface area contributed by atoms with Crippen molar-refractivity contribution in [3.05, 3.63) is 87.4 Å². The number of aromatic nitrogens is 4. The molecule has 5 heterocycles. The first-order valence-electron chi connectivity index (χ1n) is 14.1. The highest BCUT2D eigenvalue weighted by atomic mass is 19.1. The molecule has 9 nitrogen and oxygen atoms in total. The molecule has 3 aromatic heterocycles. The summed E-state index contributed by atoms with van der Waals surface area (Å²) in [5, 5.41) is 7.16. The fourth-order valence-electron chi connectivity index (χ4n) is 5.70. The third-order valence-corrected chi connectivity index (χ3v) is 8.06. The van der Waals surface area contributed by atoms with Gasteiger partial charge in [0.05, 0.1) is 23.5 Å². The highest BCUT2D eigenvalue weighted by molar-refractivity contribution is 5.87. The summed E-state index contributed by atoms with van der Waals surface area (Å²) in [4.78, 5) is 34.2. The van der Waals surface area contributed by atoms with Gasteiger partial charge in [0.2, 0.25) is 5.95 Å². The van der Waals surface area contributed by atoms with Gasteiger partial charge in [0, 0.05) is 68.5 Å². The Morgan fingerprint density at radius 3 is 2.73 bits per heavy atom. The Morgan fingerprint density at radius 2 is 1.98 bits per heavy atom. The van der Waals surface area contributed by atoms with E-state index >= 15 is 4.39 Å². The second kappa shape index (κ2) is 10.5. The lowest BCUT2D eigenvalue weighted by Crippen LogP contribution is -2.43. The first kappa shape index (κ1) is 25.5. The van der Waals surface area contributed by atoms with Crippen LogP contribution in [-0.2, 0) is 6.54 Å². The molecule has 0 unspecified atom stereocenters. The summed E-state index contributed by atoms with van der Waals surface area (Å²) >= 11 is 0. The number of allylic oxidation sites excluding steroid dienone is 1. The van der Waals surface area contributed by atoms with Gasteiger partial charge in [-0.05, 0) is 72.7 Å². The average Bonchev–Trinajstić information content (AvgIpc) is 3.75. The molecule has 2 aliphatic heterocycles. The number of nitrogens with one attached hydrogen (secondary N) is 2. The second-order valence-electron chi connectivity index (χ2n) is 10.9. The summed E-state index contributed by atoms with van der Waals surface area (Å²) in [6.07, 6.45) is 10.2. The molecule has 0 atom stereocenters. The summed E-state index contributed by atoms with van der Waals surface area (Å²) in [6, 6.07) is 8.90. The number of halogens is 1. The lowest BCUT2D eigenvalue weighted by Gasteiger charge is -2.29. The minimum Gasteiger partial charge on any atom is -0.367 e. The molecule has 10 heteroatoms. The van der Waals surface area contributed by atoms with E-state index in [2.05, 4.69) is 25.6 Å². The maximum atomic E-state index is 15.1. The topological polar surface area (TPSA) is 100 Å². The fraction of sp³-hybridized carbons (Fsp3) is 0.323. The molecule has 1 saturated carbocycles. The van der Waals surface area contributed by atoms with Crippen molar-refractivity contribution < 1.29 is 4.39 Å². The smallest absolute Gasteiger partial charge is 0.261 e. The molecular formula is C31H31FN8O. The van der Waals surface area contributed by atoms with Crippen LogP contribution in [0.1, 0.15) is 48.8 Å². The van der Waals surface area contributed by atoms with Crippen LogP contribution in [0.25, 0.3) is 16.7 Å². The molecule has 41 heavy (non-hydrogen) atoms. The van der Waals surface area contributed by atoms with Gasteiger partial charge in [-0.2, -0.15) is 4.98 Å². The zero-order valence-corrected chi connectivity index (χ0v) is 22.9. The number of anilines is 3. The number of pyridine rings is 2. The molecule has 0 spiro atoms. The predicted octanol–water partition coefficient (Wildman–Crippen LogP) is 4.61. The zero-order valence-electron chi connectivity index (χ0n) is 22.9. The van der Waals surface area contributed by atoms with Crippen LogP contribution < -0.4 is 21.1 Å². The van der Waals surface area contributed by atoms with Crippen molar-refractivity contribution in [1.29, 1.82) is 0 Å². The normalized spacial score (nSPS) is 17.1. The Morgan fingerprint density at radius 1 is 1.12 bits per heavy atom. The first-order chi connectivity index (χ1) is 20.0. The molecule has 1 saturated heterocycles. The van der Waals surface area contributed by atoms with Gasteiger partial charge in [-0.25, -0.2) is 9.37 Å². The van der Waals surface area contributed by atoms with Gasteiger partial charge in [-0.15, -0.1) is 0 Å². The standard InChI is InChI=1S/C31H31FN8O/c1-19-6-9-35-28(19)24-14-22-16-36-31(37-23-4-5-27(26(32)15-23)39-12-10-33-11-13-39)38-29(22)40(30(24)41)18-21-7-8-34-17-25(21)20-2-3-20/h4-5,7-9,14-17,20,33H,2-3,6,10-13,18H2,1H3,(H,36,37,38). The molecular weight excluding hydrogens is 519 g/mol. The highest BCUT2D eigenvalue weighted by Gasteiger charge is 2.27. The van der Waals surface area contributed by atoms with Crippen molar-refractivity contribution in [1.82, 2.24) is 24.8 Å². The number of aliphatic imine (C=N–C) groups is 1. The lowest BCUT2D eigenvalue weighted by atomic mass is 10.1. The van der Waals surface area contributed by atoms with Gasteiger partial charge < -0.3 is 15.5 Å². The number of benzene rings is 1. The Balaban J connectivity index is 1.28. The molecule has 0 radical (unpaired) electrons. The number of piperazine rings is 1. The SMILES string of the molecule is CC1=C(c2cc3cnc(Nc4ccc(N5CCNCC5)c(F)c4)nc3n(Cc3ccncc3C3CC3)c2=O)N=CC1. The number of fused-ring (bicyclic) bond motifs is 1. The maximum absolute atomic E-state index is 15.1. The maximum Gasteiger partial charge on any atom is 0.261 e. The van der Waals surface area contributed by atoms with E-state index in [1.807, 2.05) is 42.4 Å². The van der Waals surface area contributed by atoms with Crippen LogP contribution in [0.5, 0.6) is 0 Å². The number of hydrogen-bond acceptors (Lipinski definition) is 8. The van der Waals surface area contributed by atoms with Gasteiger partial charge in [-0.3, -0.25) is 19.3 Å². The molecule has 0 bridgehead atoms. The summed E-state index contributed by atoms with van der Waals surface area (Å²) in [5.41, 5.74) is 6.03. The van der Waals surface area contributed by atoms with E-state index in [0.29, 0.717) is 46.7 Å². The van der Waals surface area contributed by atoms with E-state index in [0.717, 1.165) is 62.0 Å². The predicted molar refractivity (Wildman–Crippen MR) is 160 cm³/mol. The zero-order chi connectivity index (χ0) is 27.9. The fourth-order valence-corrected chi connectivity index (χ4v) is 5.70. The largest absolute Gasteiger partial charge is 0.367 e. The summed E-state index contributed by atoms with van der Waals surface area (Å²) in [6.45, 7) is 5.55. The lowest BCUT2D eigenvalue weighted by molar-refractivity contribution is 0.566. The molecule has 2 N–H and O–H groups in total. The van der Waals surface area contributed by atoms with Gasteiger partial charge >= 0.3 is 0 Å². The number of hydrogen-bond donors (Lipinski definition) is 2. The first-order valence-corrected chi connectivity index (χ1v) is 14.1. The van der Waals surface area contributed by atoms with E-state index in [4.69, 9.17) is 4.98 Å². The monoisotopic (exact) mass is 550 g/mol. The third kappa shape index (κ3) is 4.99. The van der Waals surface area contributed by atoms with Crippen LogP contribution in [0.4, 0.5) is 21.7 Å². The molecule has 4 aromatic rings. The number of rotatable bonds is 7. The Labute approximate surface area is 236 Å². The van der Waals surface area contributed by atoms with Crippen molar-refractivity contribution in [2.75, 3.05) is 36.4 Å². The third-order valence-electron chi connectivity index (χ3n) is 8.06. The van der Waals surface area contributed by atoms with E-state index in [9.17, 15) is 4.79 Å². The molecule has 2 fully saturated rings. The summed E-state index contributed by atoms with van der Waals surface area (Å²) in [7, 11) is 0. The Hall–Kier alpha value is -4.44. The average molecular weight is 551 g/mol. The van der Waals surface area contributed by atoms with Crippen LogP contribution in [-0.4, -0.2) is 51.9 Å². The van der Waals surface area contributed by atoms with Crippen molar-refractivity contribution in [2.24, 2.45) is 4.99 Å². The van der Waals surface area contributed by atoms with Crippen LogP contribution in [0.2, 0.25) is 0 Å². The van der Waals surface area contributed by atoms with Gasteiger partial charge in [-0.1, -0.05) is 0 Å². The van der Waals surface area contributed by atoms with E-state index in [1.54, 1.807) is 23.0 Å². The van der Waals surface area contributed by atoms with Crippen LogP contribution in [0, 0.1) is 5.82 Å². The van der Waals surface area contributed by atoms with Gasteiger partial charge in [0.15, 0.2) is 0 Å². The van der Waals surface area contributed by atoms with Crippen molar-refractivity contribution in [3.8, 4) is 0 Å². The van der Waals surface area contributed by atoms with Crippen molar-refractivity contribution in [2.45, 2.75) is 38.6 Å². The van der Waals surface area contributed by atoms with Crippen LogP contribution in [0.15, 0.2) is 64.3 Å². The second-order valence-corrected chi connectivity index (χ2v) is 10.9. The molecule has 3 aliphatic rings. The quantitative estimate of drug-likeness (QED) is 0.347. The van der Waals surface area contributed by atoms with Gasteiger partial charge in [0.1, 0.15) is 11.5 Å². The molecule has 1 aromatic carbocycles. The van der Waals surface area contributed by atoms with Gasteiger partial charge in [0.25, 0.3) is 5.56 Å². The molecule has 1 aliphatic carbocycles. The van der Waals surface area contributed by atoms with Crippen molar-refractivity contribution in [3.63, 3.8) is 0 Å². The van der Waals surface area contributed by atoms with E-state index in [-0.39, 0.29) is 11.4 Å². The molecule has 0 amide bonds. The Kier molecular flexibility index (Phi) is 6.54. The minimum absolute atomic E-state index is 0.152. The number of nitrogens with zero attached hydrogens (tertiary/aromatic N) is 6. The summed E-state index contributed by atoms with van der Waals surface area (Å²) < 4.78 is 16.8. The van der Waals surface area contributed by atoms with Crippen molar-refractivity contribution >= 4 is 40.3 Å². The van der Waals surface area contributed by atoms with E-state index in [1.165, 1.54) is 11.6 Å². The highest BCUT2D eigenvalue weighted by Crippen LogP contribution is 2.41. The molecule has 7 rings (SSSR count). The van der Waals surface area contributed by atoms with Crippen LogP contribution in [0.3, 0.4) is 0 Å². The summed E-state index contributed by atoms with van der Waals surface area (Å²) in [5.74, 6) is 0.476.